The van der Waals surface area contributed by atoms with Gasteiger partial charge in [-0.1, -0.05) is 12.1 Å². The summed E-state index contributed by atoms with van der Waals surface area (Å²) >= 11 is 0. The molecule has 1 amide bonds. The van der Waals surface area contributed by atoms with Gasteiger partial charge in [-0.3, -0.25) is 4.79 Å². The highest BCUT2D eigenvalue weighted by molar-refractivity contribution is 6.07. The fourth-order valence-corrected chi connectivity index (χ4v) is 2.14. The lowest BCUT2D eigenvalue weighted by atomic mass is 10.1. The molecule has 0 spiro atoms. The number of hydrogen-bond donors (Lipinski definition) is 2. The molecule has 7 heteroatoms. The third kappa shape index (κ3) is 4.63. The minimum absolute atomic E-state index is 0.203. The van der Waals surface area contributed by atoms with E-state index >= 15 is 0 Å². The molecular weight excluding hydrogens is 343 g/mol. The highest BCUT2D eigenvalue weighted by Gasteiger charge is 2.29. The van der Waals surface area contributed by atoms with Crippen molar-refractivity contribution in [2.75, 3.05) is 10.6 Å². The molecule has 0 saturated heterocycles. The summed E-state index contributed by atoms with van der Waals surface area (Å²) in [6.07, 6.45) is -3.26. The third-order valence-corrected chi connectivity index (χ3v) is 3.81. The van der Waals surface area contributed by atoms with Gasteiger partial charge in [-0.15, -0.1) is 0 Å². The Morgan fingerprint density at radius 3 is 2.35 bits per heavy atom. The molecule has 26 heavy (non-hydrogen) atoms. The molecule has 0 atom stereocenters. The van der Waals surface area contributed by atoms with Gasteiger partial charge in [0.15, 0.2) is 0 Å². The number of nitrogens with one attached hydrogen (secondary N) is 2. The molecule has 0 heterocycles. The number of benzene rings is 2. The molecule has 0 saturated carbocycles. The molecule has 2 aromatic carbocycles. The SMILES string of the molecule is Cc1cccc(NC(=O)/C(C#N)=C\Nc2ccc(C(F)(F)F)cc2)c1C. The molecule has 2 rings (SSSR count). The zero-order chi connectivity index (χ0) is 19.3. The lowest BCUT2D eigenvalue weighted by molar-refractivity contribution is -0.137. The molecule has 2 aromatic rings. The van der Waals surface area contributed by atoms with Crippen molar-refractivity contribution in [1.82, 2.24) is 0 Å². The number of alkyl halides is 3. The molecule has 0 unspecified atom stereocenters. The molecule has 0 radical (unpaired) electrons. The first-order valence-electron chi connectivity index (χ1n) is 7.64. The topological polar surface area (TPSA) is 64.9 Å². The maximum Gasteiger partial charge on any atom is 0.416 e. The van der Waals surface area contributed by atoms with Crippen molar-refractivity contribution in [3.63, 3.8) is 0 Å². The maximum absolute atomic E-state index is 12.5. The molecule has 4 nitrogen and oxygen atoms in total. The minimum Gasteiger partial charge on any atom is -0.360 e. The molecule has 0 aliphatic rings. The summed E-state index contributed by atoms with van der Waals surface area (Å²) in [5.41, 5.74) is 1.81. The van der Waals surface area contributed by atoms with Gasteiger partial charge in [-0.05, 0) is 55.3 Å². The second-order valence-corrected chi connectivity index (χ2v) is 5.59. The van der Waals surface area contributed by atoms with Gasteiger partial charge in [-0.2, -0.15) is 18.4 Å². The van der Waals surface area contributed by atoms with Crippen molar-refractivity contribution < 1.29 is 18.0 Å². The number of aryl methyl sites for hydroxylation is 1. The van der Waals surface area contributed by atoms with Crippen LogP contribution in [0.15, 0.2) is 54.2 Å². The number of rotatable bonds is 4. The highest BCUT2D eigenvalue weighted by atomic mass is 19.4. The van der Waals surface area contributed by atoms with Crippen molar-refractivity contribution in [2.45, 2.75) is 20.0 Å². The van der Waals surface area contributed by atoms with Crippen LogP contribution in [-0.2, 0) is 11.0 Å². The van der Waals surface area contributed by atoms with Crippen molar-refractivity contribution in [3.05, 3.63) is 70.9 Å². The van der Waals surface area contributed by atoms with Crippen LogP contribution in [-0.4, -0.2) is 5.91 Å². The summed E-state index contributed by atoms with van der Waals surface area (Å²) < 4.78 is 37.6. The summed E-state index contributed by atoms with van der Waals surface area (Å²) in [6.45, 7) is 3.75. The third-order valence-electron chi connectivity index (χ3n) is 3.81. The van der Waals surface area contributed by atoms with E-state index in [0.717, 1.165) is 29.5 Å². The molecule has 134 valence electrons. The van der Waals surface area contributed by atoms with E-state index in [2.05, 4.69) is 10.6 Å². The minimum atomic E-state index is -4.42. The van der Waals surface area contributed by atoms with E-state index in [9.17, 15) is 18.0 Å². The molecule has 0 aliphatic carbocycles. The van der Waals surface area contributed by atoms with Crippen LogP contribution in [0.25, 0.3) is 0 Å². The van der Waals surface area contributed by atoms with Gasteiger partial charge >= 0.3 is 6.18 Å². The molecule has 0 bridgehead atoms. The van der Waals surface area contributed by atoms with Crippen LogP contribution in [0.2, 0.25) is 0 Å². The van der Waals surface area contributed by atoms with Gasteiger partial charge in [0, 0.05) is 17.6 Å². The Morgan fingerprint density at radius 2 is 1.77 bits per heavy atom. The standard InChI is InChI=1S/C19H16F3N3O/c1-12-4-3-5-17(13(12)2)25-18(26)14(10-23)11-24-16-8-6-15(7-9-16)19(20,21)22/h3-9,11,24H,1-2H3,(H,25,26)/b14-11-. The van der Waals surface area contributed by atoms with Crippen LogP contribution in [0.1, 0.15) is 16.7 Å². The number of carbonyl (C=O) groups is 1. The summed E-state index contributed by atoms with van der Waals surface area (Å²) in [6, 6.07) is 11.4. The molecule has 0 aromatic heterocycles. The number of nitrogens with zero attached hydrogens (tertiary/aromatic N) is 1. The first-order chi connectivity index (χ1) is 12.2. The Kier molecular flexibility index (Phi) is 5.68. The van der Waals surface area contributed by atoms with E-state index in [1.807, 2.05) is 19.9 Å². The van der Waals surface area contributed by atoms with Gasteiger partial charge in [-0.25, -0.2) is 0 Å². The second-order valence-electron chi connectivity index (χ2n) is 5.59. The Bertz CT molecular complexity index is 878. The monoisotopic (exact) mass is 359 g/mol. The van der Waals surface area contributed by atoms with Crippen LogP contribution in [0.5, 0.6) is 0 Å². The van der Waals surface area contributed by atoms with Crippen LogP contribution in [0, 0.1) is 25.2 Å². The number of nitriles is 1. The van der Waals surface area contributed by atoms with Crippen LogP contribution in [0.3, 0.4) is 0 Å². The Morgan fingerprint density at radius 1 is 1.12 bits per heavy atom. The lowest BCUT2D eigenvalue weighted by Gasteiger charge is -2.10. The van der Waals surface area contributed by atoms with Crippen LogP contribution >= 0.6 is 0 Å². The number of anilines is 2. The lowest BCUT2D eigenvalue weighted by Crippen LogP contribution is -2.15. The molecule has 0 aliphatic heterocycles. The van der Waals surface area contributed by atoms with Gasteiger partial charge in [0.05, 0.1) is 5.56 Å². The van der Waals surface area contributed by atoms with Crippen LogP contribution < -0.4 is 10.6 Å². The van der Waals surface area contributed by atoms with E-state index in [4.69, 9.17) is 5.26 Å². The Labute approximate surface area is 149 Å². The van der Waals surface area contributed by atoms with Crippen molar-refractivity contribution >= 4 is 17.3 Å². The van der Waals surface area contributed by atoms with E-state index in [-0.39, 0.29) is 5.57 Å². The van der Waals surface area contributed by atoms with Crippen molar-refractivity contribution in [2.24, 2.45) is 0 Å². The maximum atomic E-state index is 12.5. The Hall–Kier alpha value is -3.27. The number of carbonyl (C=O) groups excluding carboxylic acids is 1. The first kappa shape index (κ1) is 19.1. The summed E-state index contributed by atoms with van der Waals surface area (Å²) in [5, 5.41) is 14.5. The van der Waals surface area contributed by atoms with Gasteiger partial charge in [0.25, 0.3) is 5.91 Å². The average Bonchev–Trinajstić information content (AvgIpc) is 2.59. The van der Waals surface area contributed by atoms with Crippen molar-refractivity contribution in [1.29, 1.82) is 5.26 Å². The predicted octanol–water partition coefficient (Wildman–Crippen LogP) is 4.78. The first-order valence-corrected chi connectivity index (χ1v) is 7.64. The predicted molar refractivity (Wildman–Crippen MR) is 93.3 cm³/mol. The van der Waals surface area contributed by atoms with Gasteiger partial charge in [0.2, 0.25) is 0 Å². The molecule has 0 fully saturated rings. The average molecular weight is 359 g/mol. The zero-order valence-corrected chi connectivity index (χ0v) is 14.1. The fraction of sp³-hybridized carbons (Fsp3) is 0.158. The van der Waals surface area contributed by atoms with Gasteiger partial charge < -0.3 is 10.6 Å². The zero-order valence-electron chi connectivity index (χ0n) is 14.1. The highest BCUT2D eigenvalue weighted by Crippen LogP contribution is 2.29. The second kappa shape index (κ2) is 7.74. The van der Waals surface area contributed by atoms with Crippen molar-refractivity contribution in [3.8, 4) is 6.07 Å². The van der Waals surface area contributed by atoms with Gasteiger partial charge in [0.1, 0.15) is 11.6 Å². The molecular formula is C19H16F3N3O. The smallest absolute Gasteiger partial charge is 0.360 e. The van der Waals surface area contributed by atoms with E-state index < -0.39 is 17.6 Å². The summed E-state index contributed by atoms with van der Waals surface area (Å²) in [4.78, 5) is 12.2. The Balaban J connectivity index is 2.11. The summed E-state index contributed by atoms with van der Waals surface area (Å²) in [7, 11) is 0. The number of halogens is 3. The number of hydrogen-bond acceptors (Lipinski definition) is 3. The van der Waals surface area contributed by atoms with Crippen LogP contribution in [0.4, 0.5) is 24.5 Å². The van der Waals surface area contributed by atoms with E-state index in [1.165, 1.54) is 12.1 Å². The number of amides is 1. The quantitative estimate of drug-likeness (QED) is 0.610. The van der Waals surface area contributed by atoms with E-state index in [1.54, 1.807) is 18.2 Å². The fourth-order valence-electron chi connectivity index (χ4n) is 2.14. The van der Waals surface area contributed by atoms with E-state index in [0.29, 0.717) is 11.4 Å². The normalized spacial score (nSPS) is 11.6. The molecule has 2 N–H and O–H groups in total. The largest absolute Gasteiger partial charge is 0.416 e. The summed E-state index contributed by atoms with van der Waals surface area (Å²) in [5.74, 6) is -0.611.